The second-order valence-corrected chi connectivity index (χ2v) is 7.65. The zero-order valence-corrected chi connectivity index (χ0v) is 19.7. The number of nitrogens with two attached hydrogens (primary N) is 1. The lowest BCUT2D eigenvalue weighted by atomic mass is 9.83. The third-order valence-electron chi connectivity index (χ3n) is 5.14. The van der Waals surface area contributed by atoms with Crippen LogP contribution in [0.3, 0.4) is 0 Å². The van der Waals surface area contributed by atoms with Gasteiger partial charge in [-0.05, 0) is 50.6 Å². The summed E-state index contributed by atoms with van der Waals surface area (Å²) in [5.41, 5.74) is 6.96. The van der Waals surface area contributed by atoms with E-state index in [0.29, 0.717) is 23.7 Å². The molecule has 9 heteroatoms. The van der Waals surface area contributed by atoms with E-state index >= 15 is 0 Å². The molecule has 1 unspecified atom stereocenters. The summed E-state index contributed by atoms with van der Waals surface area (Å²) >= 11 is 6.09. The first kappa shape index (κ1) is 24.9. The number of allylic oxidation sites excluding steroid dienone is 2. The fraction of sp³-hybridized carbons (Fsp3) is 0.280. The average molecular weight is 487 g/mol. The molecule has 0 spiro atoms. The standard InChI is InChI=1S/C25H24ClFN2O5/c1-4-31-21-11-15(9-10-20(21)33-13-17-18(26)7-6-8-19(17)27)23-16(12-28)24(29)34-14(3)22(23)25(30)32-5-2/h6-11,23H,4-5,13,29H2,1-3H3. The topological polar surface area (TPSA) is 104 Å². The number of ether oxygens (including phenoxy) is 4. The van der Waals surface area contributed by atoms with Crippen molar-refractivity contribution in [3.63, 3.8) is 0 Å². The Morgan fingerprint density at radius 2 is 1.97 bits per heavy atom. The van der Waals surface area contributed by atoms with Gasteiger partial charge >= 0.3 is 5.97 Å². The minimum absolute atomic E-state index is 0.0721. The summed E-state index contributed by atoms with van der Waals surface area (Å²) in [6, 6.07) is 11.4. The summed E-state index contributed by atoms with van der Waals surface area (Å²) in [5.74, 6) is -1.09. The molecule has 7 nitrogen and oxygen atoms in total. The zero-order chi connectivity index (χ0) is 24.8. The summed E-state index contributed by atoms with van der Waals surface area (Å²) in [5, 5.41) is 10.00. The van der Waals surface area contributed by atoms with Gasteiger partial charge in [0.1, 0.15) is 29.8 Å². The summed E-state index contributed by atoms with van der Waals surface area (Å²) in [4.78, 5) is 12.7. The normalized spacial score (nSPS) is 15.5. The Balaban J connectivity index is 2.02. The monoisotopic (exact) mass is 486 g/mol. The van der Waals surface area contributed by atoms with E-state index in [2.05, 4.69) is 0 Å². The van der Waals surface area contributed by atoms with Gasteiger partial charge in [-0.3, -0.25) is 0 Å². The van der Waals surface area contributed by atoms with Crippen molar-refractivity contribution in [2.24, 2.45) is 5.73 Å². The molecule has 1 atom stereocenters. The van der Waals surface area contributed by atoms with Gasteiger partial charge < -0.3 is 24.7 Å². The van der Waals surface area contributed by atoms with Crippen molar-refractivity contribution in [1.29, 1.82) is 5.26 Å². The van der Waals surface area contributed by atoms with Crippen LogP contribution >= 0.6 is 11.6 Å². The molecule has 34 heavy (non-hydrogen) atoms. The van der Waals surface area contributed by atoms with E-state index in [1.807, 2.05) is 6.07 Å². The molecule has 0 aromatic heterocycles. The largest absolute Gasteiger partial charge is 0.490 e. The van der Waals surface area contributed by atoms with Gasteiger partial charge in [-0.1, -0.05) is 23.7 Å². The number of hydrogen-bond donors (Lipinski definition) is 1. The van der Waals surface area contributed by atoms with Gasteiger partial charge in [-0.25, -0.2) is 9.18 Å². The molecular formula is C25H24ClFN2O5. The van der Waals surface area contributed by atoms with Crippen molar-refractivity contribution in [1.82, 2.24) is 0 Å². The predicted molar refractivity (Wildman–Crippen MR) is 123 cm³/mol. The Morgan fingerprint density at radius 1 is 1.21 bits per heavy atom. The van der Waals surface area contributed by atoms with Gasteiger partial charge in [0.15, 0.2) is 11.5 Å². The Bertz CT molecular complexity index is 1180. The summed E-state index contributed by atoms with van der Waals surface area (Å²) in [6.07, 6.45) is 0. The minimum Gasteiger partial charge on any atom is -0.490 e. The van der Waals surface area contributed by atoms with E-state index in [1.165, 1.54) is 12.1 Å². The van der Waals surface area contributed by atoms with Crippen LogP contribution in [0.25, 0.3) is 0 Å². The van der Waals surface area contributed by atoms with Gasteiger partial charge in [0, 0.05) is 5.56 Å². The maximum atomic E-state index is 14.1. The number of halogens is 2. The van der Waals surface area contributed by atoms with Crippen LogP contribution in [0.5, 0.6) is 11.5 Å². The highest BCUT2D eigenvalue weighted by molar-refractivity contribution is 6.31. The van der Waals surface area contributed by atoms with Crippen molar-refractivity contribution in [3.8, 4) is 17.6 Å². The molecule has 0 saturated heterocycles. The molecule has 0 amide bonds. The Labute approximate surface area is 202 Å². The van der Waals surface area contributed by atoms with Crippen LogP contribution in [0.2, 0.25) is 5.02 Å². The van der Waals surface area contributed by atoms with E-state index in [0.717, 1.165) is 0 Å². The molecule has 1 aliphatic heterocycles. The first-order valence-corrected chi connectivity index (χ1v) is 11.0. The molecule has 0 aliphatic carbocycles. The molecular weight excluding hydrogens is 463 g/mol. The highest BCUT2D eigenvalue weighted by Crippen LogP contribution is 2.42. The fourth-order valence-electron chi connectivity index (χ4n) is 3.60. The number of nitrogens with zero attached hydrogens (tertiary/aromatic N) is 1. The van der Waals surface area contributed by atoms with Gasteiger partial charge in [0.25, 0.3) is 0 Å². The van der Waals surface area contributed by atoms with Crippen LogP contribution in [0.15, 0.2) is 59.2 Å². The van der Waals surface area contributed by atoms with Gasteiger partial charge in [0.2, 0.25) is 5.88 Å². The number of carbonyl (C=O) groups is 1. The Hall–Kier alpha value is -3.70. The molecule has 2 N–H and O–H groups in total. The molecule has 0 fully saturated rings. The predicted octanol–water partition coefficient (Wildman–Crippen LogP) is 5.10. The summed E-state index contributed by atoms with van der Waals surface area (Å²) < 4.78 is 36.3. The lowest BCUT2D eigenvalue weighted by Gasteiger charge is -2.27. The van der Waals surface area contributed by atoms with Crippen LogP contribution in [-0.2, 0) is 20.9 Å². The number of esters is 1. The van der Waals surface area contributed by atoms with E-state index < -0.39 is 17.7 Å². The Morgan fingerprint density at radius 3 is 2.62 bits per heavy atom. The molecule has 0 bridgehead atoms. The van der Waals surface area contributed by atoms with Crippen molar-refractivity contribution < 1.29 is 28.1 Å². The van der Waals surface area contributed by atoms with Crippen LogP contribution in [0, 0.1) is 17.1 Å². The van der Waals surface area contributed by atoms with Gasteiger partial charge in [-0.15, -0.1) is 0 Å². The number of rotatable bonds is 8. The minimum atomic E-state index is -0.827. The third kappa shape index (κ3) is 5.10. The van der Waals surface area contributed by atoms with Crippen LogP contribution in [0.1, 0.15) is 37.8 Å². The number of carbonyl (C=O) groups excluding carboxylic acids is 1. The molecule has 2 aromatic carbocycles. The second kappa shape index (κ2) is 10.9. The summed E-state index contributed by atoms with van der Waals surface area (Å²) in [6.45, 7) is 5.41. The lowest BCUT2D eigenvalue weighted by Crippen LogP contribution is -2.25. The van der Waals surface area contributed by atoms with E-state index in [-0.39, 0.29) is 46.6 Å². The second-order valence-electron chi connectivity index (χ2n) is 7.24. The number of nitriles is 1. The number of hydrogen-bond acceptors (Lipinski definition) is 7. The fourth-order valence-corrected chi connectivity index (χ4v) is 3.82. The van der Waals surface area contributed by atoms with E-state index in [1.54, 1.807) is 45.0 Å². The third-order valence-corrected chi connectivity index (χ3v) is 5.49. The quantitative estimate of drug-likeness (QED) is 0.517. The molecule has 0 saturated carbocycles. The molecule has 1 heterocycles. The first-order valence-electron chi connectivity index (χ1n) is 10.6. The van der Waals surface area contributed by atoms with Crippen molar-refractivity contribution in [2.45, 2.75) is 33.3 Å². The van der Waals surface area contributed by atoms with Crippen LogP contribution in [-0.4, -0.2) is 19.2 Å². The SMILES string of the molecule is CCOC(=O)C1=C(C)OC(N)=C(C#N)C1c1ccc(OCc2c(F)cccc2Cl)c(OCC)c1. The number of benzene rings is 2. The van der Waals surface area contributed by atoms with Crippen LogP contribution in [0.4, 0.5) is 4.39 Å². The first-order chi connectivity index (χ1) is 16.3. The van der Waals surface area contributed by atoms with Gasteiger partial charge in [-0.2, -0.15) is 5.26 Å². The Kier molecular flexibility index (Phi) is 8.03. The van der Waals surface area contributed by atoms with Crippen molar-refractivity contribution in [3.05, 3.63) is 81.2 Å². The molecule has 178 valence electrons. The van der Waals surface area contributed by atoms with Crippen molar-refractivity contribution >= 4 is 17.6 Å². The highest BCUT2D eigenvalue weighted by Gasteiger charge is 2.36. The maximum absolute atomic E-state index is 14.1. The average Bonchev–Trinajstić information content (AvgIpc) is 2.79. The highest BCUT2D eigenvalue weighted by atomic mass is 35.5. The maximum Gasteiger partial charge on any atom is 0.338 e. The van der Waals surface area contributed by atoms with Gasteiger partial charge in [0.05, 0.1) is 29.7 Å². The van der Waals surface area contributed by atoms with Crippen molar-refractivity contribution in [2.75, 3.05) is 13.2 Å². The molecule has 3 rings (SSSR count). The summed E-state index contributed by atoms with van der Waals surface area (Å²) in [7, 11) is 0. The van der Waals surface area contributed by atoms with Crippen LogP contribution < -0.4 is 15.2 Å². The lowest BCUT2D eigenvalue weighted by molar-refractivity contribution is -0.139. The molecule has 0 radical (unpaired) electrons. The van der Waals surface area contributed by atoms with E-state index in [9.17, 15) is 14.4 Å². The smallest absolute Gasteiger partial charge is 0.338 e. The molecule has 1 aliphatic rings. The van der Waals surface area contributed by atoms with E-state index in [4.69, 9.17) is 36.3 Å². The zero-order valence-electron chi connectivity index (χ0n) is 19.0. The molecule has 2 aromatic rings.